The first-order valence-corrected chi connectivity index (χ1v) is 7.70. The standard InChI is InChI=1S/C16H21F4N3/c1-2-21-14(22-10-9-16(18,19)20)23-11-15(7-8-15)12-5-3-4-6-13(12)17/h3-6H,2,7-11H2,1H3,(H2,21,22,23). The molecule has 0 aliphatic heterocycles. The van der Waals surface area contributed by atoms with Crippen molar-refractivity contribution in [2.24, 2.45) is 4.99 Å². The molecule has 0 heterocycles. The number of rotatable bonds is 6. The Bertz CT molecular complexity index is 551. The summed E-state index contributed by atoms with van der Waals surface area (Å²) in [5, 5.41) is 5.58. The summed E-state index contributed by atoms with van der Waals surface area (Å²) in [6.45, 7) is 2.51. The van der Waals surface area contributed by atoms with E-state index in [1.165, 1.54) is 6.07 Å². The van der Waals surface area contributed by atoms with Gasteiger partial charge in [0.2, 0.25) is 0 Å². The Morgan fingerprint density at radius 3 is 2.48 bits per heavy atom. The fraction of sp³-hybridized carbons (Fsp3) is 0.562. The molecular weight excluding hydrogens is 310 g/mol. The van der Waals surface area contributed by atoms with Crippen molar-refractivity contribution in [1.29, 1.82) is 0 Å². The van der Waals surface area contributed by atoms with Crippen LogP contribution in [0.25, 0.3) is 0 Å². The minimum Gasteiger partial charge on any atom is -0.357 e. The van der Waals surface area contributed by atoms with Crippen molar-refractivity contribution in [1.82, 2.24) is 10.6 Å². The molecule has 1 aliphatic rings. The lowest BCUT2D eigenvalue weighted by atomic mass is 9.95. The molecule has 1 fully saturated rings. The van der Waals surface area contributed by atoms with Crippen LogP contribution < -0.4 is 10.6 Å². The highest BCUT2D eigenvalue weighted by Crippen LogP contribution is 2.49. The summed E-state index contributed by atoms with van der Waals surface area (Å²) < 4.78 is 50.5. The molecule has 7 heteroatoms. The molecule has 0 spiro atoms. The smallest absolute Gasteiger partial charge is 0.357 e. The molecule has 0 unspecified atom stereocenters. The van der Waals surface area contributed by atoms with Gasteiger partial charge in [-0.2, -0.15) is 13.2 Å². The lowest BCUT2D eigenvalue weighted by Crippen LogP contribution is -2.39. The molecule has 1 aliphatic carbocycles. The van der Waals surface area contributed by atoms with Gasteiger partial charge < -0.3 is 10.6 Å². The lowest BCUT2D eigenvalue weighted by molar-refractivity contribution is -0.132. The Morgan fingerprint density at radius 2 is 1.91 bits per heavy atom. The molecule has 0 aromatic heterocycles. The highest BCUT2D eigenvalue weighted by atomic mass is 19.4. The van der Waals surface area contributed by atoms with Crippen LogP contribution in [0.4, 0.5) is 17.6 Å². The molecule has 3 nitrogen and oxygen atoms in total. The Morgan fingerprint density at radius 1 is 1.22 bits per heavy atom. The van der Waals surface area contributed by atoms with Gasteiger partial charge in [-0.05, 0) is 31.4 Å². The van der Waals surface area contributed by atoms with Crippen LogP contribution in [0.2, 0.25) is 0 Å². The quantitative estimate of drug-likeness (QED) is 0.476. The molecule has 0 radical (unpaired) electrons. The molecule has 1 saturated carbocycles. The molecule has 23 heavy (non-hydrogen) atoms. The topological polar surface area (TPSA) is 36.4 Å². The van der Waals surface area contributed by atoms with Crippen molar-refractivity contribution in [3.8, 4) is 0 Å². The summed E-state index contributed by atoms with van der Waals surface area (Å²) in [5.74, 6) is 0.0783. The fourth-order valence-electron chi connectivity index (χ4n) is 2.45. The fourth-order valence-corrected chi connectivity index (χ4v) is 2.45. The van der Waals surface area contributed by atoms with Crippen LogP contribution in [0.5, 0.6) is 0 Å². The maximum Gasteiger partial charge on any atom is 0.390 e. The number of nitrogens with one attached hydrogen (secondary N) is 2. The zero-order chi connectivity index (χ0) is 16.9. The van der Waals surface area contributed by atoms with Crippen LogP contribution in [0, 0.1) is 5.82 Å². The largest absolute Gasteiger partial charge is 0.390 e. The number of alkyl halides is 3. The van der Waals surface area contributed by atoms with Crippen molar-refractivity contribution < 1.29 is 17.6 Å². The van der Waals surface area contributed by atoms with Crippen molar-refractivity contribution in [2.45, 2.75) is 37.8 Å². The van der Waals surface area contributed by atoms with Crippen molar-refractivity contribution in [3.05, 3.63) is 35.6 Å². The highest BCUT2D eigenvalue weighted by molar-refractivity contribution is 5.79. The average Bonchev–Trinajstić information content (AvgIpc) is 3.25. The molecule has 0 atom stereocenters. The number of hydrogen-bond acceptors (Lipinski definition) is 1. The van der Waals surface area contributed by atoms with Crippen molar-refractivity contribution in [3.63, 3.8) is 0 Å². The second-order valence-corrected chi connectivity index (χ2v) is 5.75. The van der Waals surface area contributed by atoms with Gasteiger partial charge in [-0.1, -0.05) is 18.2 Å². The first kappa shape index (κ1) is 17.6. The monoisotopic (exact) mass is 331 g/mol. The predicted octanol–water partition coefficient (Wildman–Crippen LogP) is 3.36. The minimum atomic E-state index is -4.20. The van der Waals surface area contributed by atoms with Gasteiger partial charge in [0.05, 0.1) is 13.0 Å². The van der Waals surface area contributed by atoms with Gasteiger partial charge in [0.1, 0.15) is 5.82 Å². The number of hydrogen-bond donors (Lipinski definition) is 2. The predicted molar refractivity (Wildman–Crippen MR) is 82.0 cm³/mol. The third-order valence-electron chi connectivity index (χ3n) is 3.88. The van der Waals surface area contributed by atoms with Crippen molar-refractivity contribution in [2.75, 3.05) is 19.6 Å². The van der Waals surface area contributed by atoms with Gasteiger partial charge in [-0.25, -0.2) is 4.39 Å². The molecular formula is C16H21F4N3. The van der Waals surface area contributed by atoms with E-state index in [4.69, 9.17) is 0 Å². The van der Waals surface area contributed by atoms with E-state index >= 15 is 0 Å². The summed E-state index contributed by atoms with van der Waals surface area (Å²) in [5.41, 5.74) is 0.312. The Labute approximate surface area is 133 Å². The van der Waals surface area contributed by atoms with Crippen LogP contribution >= 0.6 is 0 Å². The van der Waals surface area contributed by atoms with E-state index in [9.17, 15) is 17.6 Å². The van der Waals surface area contributed by atoms with E-state index in [0.29, 0.717) is 24.6 Å². The number of halogens is 4. The minimum absolute atomic E-state index is 0.234. The van der Waals surface area contributed by atoms with Gasteiger partial charge >= 0.3 is 6.18 Å². The maximum atomic E-state index is 13.9. The first-order chi connectivity index (χ1) is 10.9. The summed E-state index contributed by atoms with van der Waals surface area (Å²) in [6.07, 6.45) is -3.45. The summed E-state index contributed by atoms with van der Waals surface area (Å²) >= 11 is 0. The number of guanidine groups is 1. The molecule has 2 N–H and O–H groups in total. The van der Waals surface area contributed by atoms with E-state index in [-0.39, 0.29) is 17.8 Å². The molecule has 1 aromatic rings. The number of aliphatic imine (C=N–C) groups is 1. The normalized spacial score (nSPS) is 17.0. The average molecular weight is 331 g/mol. The molecule has 0 bridgehead atoms. The Hall–Kier alpha value is -1.79. The van der Waals surface area contributed by atoms with E-state index in [1.54, 1.807) is 18.2 Å². The lowest BCUT2D eigenvalue weighted by Gasteiger charge is -2.17. The van der Waals surface area contributed by atoms with Gasteiger partial charge in [0, 0.05) is 18.5 Å². The first-order valence-electron chi connectivity index (χ1n) is 7.70. The summed E-state index contributed by atoms with van der Waals surface area (Å²) in [6, 6.07) is 6.60. The highest BCUT2D eigenvalue weighted by Gasteiger charge is 2.45. The number of nitrogens with zero attached hydrogens (tertiary/aromatic N) is 1. The molecule has 2 rings (SSSR count). The van der Waals surface area contributed by atoms with E-state index in [0.717, 1.165) is 12.8 Å². The maximum absolute atomic E-state index is 13.9. The van der Waals surface area contributed by atoms with Gasteiger partial charge in [-0.3, -0.25) is 4.99 Å². The van der Waals surface area contributed by atoms with Crippen LogP contribution in [-0.4, -0.2) is 31.8 Å². The zero-order valence-electron chi connectivity index (χ0n) is 13.0. The molecule has 0 saturated heterocycles. The van der Waals surface area contributed by atoms with Crippen molar-refractivity contribution >= 4 is 5.96 Å². The SMILES string of the molecule is CCNC(=NCC1(c2ccccc2F)CC1)NCCC(F)(F)F. The van der Waals surface area contributed by atoms with Crippen LogP contribution in [0.3, 0.4) is 0 Å². The van der Waals surface area contributed by atoms with E-state index < -0.39 is 12.6 Å². The third-order valence-corrected chi connectivity index (χ3v) is 3.88. The second-order valence-electron chi connectivity index (χ2n) is 5.75. The van der Waals surface area contributed by atoms with Gasteiger partial charge in [-0.15, -0.1) is 0 Å². The van der Waals surface area contributed by atoms with Gasteiger partial charge in [0.15, 0.2) is 5.96 Å². The van der Waals surface area contributed by atoms with E-state index in [1.807, 2.05) is 6.92 Å². The number of benzene rings is 1. The Balaban J connectivity index is 1.99. The molecule has 0 amide bonds. The molecule has 128 valence electrons. The zero-order valence-corrected chi connectivity index (χ0v) is 13.0. The van der Waals surface area contributed by atoms with Crippen LogP contribution in [0.1, 0.15) is 31.7 Å². The summed E-state index contributed by atoms with van der Waals surface area (Å²) in [7, 11) is 0. The third kappa shape index (κ3) is 5.11. The second kappa shape index (κ2) is 7.19. The summed E-state index contributed by atoms with van der Waals surface area (Å²) in [4.78, 5) is 4.35. The molecule has 1 aromatic carbocycles. The van der Waals surface area contributed by atoms with E-state index in [2.05, 4.69) is 15.6 Å². The van der Waals surface area contributed by atoms with Gasteiger partial charge in [0.25, 0.3) is 0 Å². The Kier molecular flexibility index (Phi) is 5.49. The van der Waals surface area contributed by atoms with Crippen LogP contribution in [0.15, 0.2) is 29.3 Å². The van der Waals surface area contributed by atoms with Crippen LogP contribution in [-0.2, 0) is 5.41 Å².